The van der Waals surface area contributed by atoms with Gasteiger partial charge in [-0.3, -0.25) is 4.79 Å². The first-order chi connectivity index (χ1) is 12.1. The number of nitrogens with zero attached hydrogens (tertiary/aromatic N) is 1. The lowest BCUT2D eigenvalue weighted by Gasteiger charge is -2.15. The first-order valence-corrected chi connectivity index (χ1v) is 9.18. The zero-order valence-electron chi connectivity index (χ0n) is 14.7. The summed E-state index contributed by atoms with van der Waals surface area (Å²) in [6.07, 6.45) is 4.93. The summed E-state index contributed by atoms with van der Waals surface area (Å²) in [5.41, 5.74) is 4.66. The van der Waals surface area contributed by atoms with E-state index in [-0.39, 0.29) is 12.0 Å². The fourth-order valence-corrected chi connectivity index (χ4v) is 3.96. The molecule has 1 aliphatic carbocycles. The van der Waals surface area contributed by atoms with E-state index in [9.17, 15) is 4.79 Å². The maximum Gasteiger partial charge on any atom is 0.281 e. The van der Waals surface area contributed by atoms with E-state index in [0.717, 1.165) is 18.4 Å². The summed E-state index contributed by atoms with van der Waals surface area (Å²) in [5.74, 6) is 1.08. The van der Waals surface area contributed by atoms with Gasteiger partial charge < -0.3 is 9.47 Å². The number of fused-ring (bicyclic) bond motifs is 1. The lowest BCUT2D eigenvalue weighted by Crippen LogP contribution is -2.16. The Balaban J connectivity index is 1.72. The first kappa shape index (κ1) is 17.5. The number of thiophene rings is 1. The van der Waals surface area contributed by atoms with Crippen molar-refractivity contribution in [3.05, 3.63) is 45.1 Å². The van der Waals surface area contributed by atoms with E-state index in [0.29, 0.717) is 16.4 Å². The minimum Gasteiger partial charge on any atom is -0.493 e. The molecule has 1 N–H and O–H groups in total. The highest BCUT2D eigenvalue weighted by Crippen LogP contribution is 2.31. The van der Waals surface area contributed by atoms with Gasteiger partial charge in [0.1, 0.15) is 0 Å². The van der Waals surface area contributed by atoms with Crippen molar-refractivity contribution in [3.63, 3.8) is 0 Å². The van der Waals surface area contributed by atoms with Crippen LogP contribution in [0.1, 0.15) is 45.9 Å². The average Bonchev–Trinajstić information content (AvgIpc) is 3.17. The summed E-state index contributed by atoms with van der Waals surface area (Å²) < 4.78 is 11.2. The Morgan fingerprint density at radius 2 is 2.20 bits per heavy atom. The van der Waals surface area contributed by atoms with E-state index < -0.39 is 0 Å². The normalized spacial score (nSPS) is 13.3. The molecule has 6 heteroatoms. The molecule has 0 aliphatic heterocycles. The van der Waals surface area contributed by atoms with Crippen LogP contribution in [0.4, 0.5) is 0 Å². The number of carbonyl (C=O) groups excluding carboxylic acids is 1. The van der Waals surface area contributed by atoms with Crippen molar-refractivity contribution >= 4 is 23.5 Å². The number of aryl methyl sites for hydroxylation is 2. The Hall–Kier alpha value is -2.34. The molecular formula is C19H22N2O3S. The average molecular weight is 358 g/mol. The van der Waals surface area contributed by atoms with Crippen molar-refractivity contribution in [1.29, 1.82) is 0 Å². The lowest BCUT2D eigenvalue weighted by atomic mass is 10.2. The van der Waals surface area contributed by atoms with Crippen molar-refractivity contribution in [3.8, 4) is 11.5 Å². The second kappa shape index (κ2) is 7.70. The molecule has 1 aromatic carbocycles. The van der Waals surface area contributed by atoms with Crippen molar-refractivity contribution in [1.82, 2.24) is 5.43 Å². The predicted molar refractivity (Wildman–Crippen MR) is 100 cm³/mol. The molecule has 1 amide bonds. The van der Waals surface area contributed by atoms with E-state index in [1.807, 2.05) is 38.1 Å². The zero-order chi connectivity index (χ0) is 17.8. The number of rotatable bonds is 6. The van der Waals surface area contributed by atoms with Crippen LogP contribution in [0.2, 0.25) is 0 Å². The molecule has 1 aliphatic rings. The standard InChI is InChI=1S/C19H22N2O3S/c1-12(2)24-18-14(7-4-8-15(18)23-3)11-20-21-19(22)17-10-13-6-5-9-16(13)25-17/h4,7-8,10-12H,5-6,9H2,1-3H3,(H,21,22)/b20-11-. The quantitative estimate of drug-likeness (QED) is 0.631. The molecule has 0 radical (unpaired) electrons. The summed E-state index contributed by atoms with van der Waals surface area (Å²) in [7, 11) is 1.60. The van der Waals surface area contributed by atoms with Gasteiger partial charge in [0, 0.05) is 10.4 Å². The highest BCUT2D eigenvalue weighted by Gasteiger charge is 2.18. The number of hydrogen-bond acceptors (Lipinski definition) is 5. The van der Waals surface area contributed by atoms with Gasteiger partial charge in [-0.05, 0) is 56.9 Å². The Morgan fingerprint density at radius 3 is 2.92 bits per heavy atom. The van der Waals surface area contributed by atoms with Crippen LogP contribution < -0.4 is 14.9 Å². The van der Waals surface area contributed by atoms with Crippen LogP contribution in [0.25, 0.3) is 0 Å². The van der Waals surface area contributed by atoms with Gasteiger partial charge in [-0.15, -0.1) is 11.3 Å². The molecule has 5 nitrogen and oxygen atoms in total. The largest absolute Gasteiger partial charge is 0.493 e. The number of amides is 1. The first-order valence-electron chi connectivity index (χ1n) is 8.37. The number of ether oxygens (including phenoxy) is 2. The van der Waals surface area contributed by atoms with Crippen molar-refractivity contribution < 1.29 is 14.3 Å². The van der Waals surface area contributed by atoms with E-state index in [1.54, 1.807) is 24.7 Å². The van der Waals surface area contributed by atoms with Crippen LogP contribution in [-0.2, 0) is 12.8 Å². The van der Waals surface area contributed by atoms with E-state index >= 15 is 0 Å². The molecule has 0 fully saturated rings. The van der Waals surface area contributed by atoms with Crippen molar-refractivity contribution in [2.45, 2.75) is 39.2 Å². The molecular weight excluding hydrogens is 336 g/mol. The third kappa shape index (κ3) is 4.02. The fourth-order valence-electron chi connectivity index (χ4n) is 2.81. The van der Waals surface area contributed by atoms with Crippen LogP contribution in [-0.4, -0.2) is 25.3 Å². The van der Waals surface area contributed by atoms with Crippen LogP contribution in [0, 0.1) is 0 Å². The molecule has 1 aromatic heterocycles. The molecule has 0 unspecified atom stereocenters. The second-order valence-electron chi connectivity index (χ2n) is 6.16. The Bertz CT molecular complexity index is 774. The number of para-hydroxylation sites is 1. The molecule has 1 heterocycles. The van der Waals surface area contributed by atoms with Gasteiger partial charge in [-0.1, -0.05) is 6.07 Å². The van der Waals surface area contributed by atoms with E-state index in [4.69, 9.17) is 9.47 Å². The summed E-state index contributed by atoms with van der Waals surface area (Å²) in [4.78, 5) is 14.3. The van der Waals surface area contributed by atoms with Gasteiger partial charge in [0.25, 0.3) is 5.91 Å². The number of methoxy groups -OCH3 is 1. The minimum atomic E-state index is -0.176. The van der Waals surface area contributed by atoms with E-state index in [2.05, 4.69) is 10.5 Å². The summed E-state index contributed by atoms with van der Waals surface area (Å²) >= 11 is 1.56. The van der Waals surface area contributed by atoms with Crippen LogP contribution in [0.15, 0.2) is 29.4 Å². The SMILES string of the molecule is COc1cccc(/C=N\NC(=O)c2cc3c(s2)CCC3)c1OC(C)C. The fraction of sp³-hybridized carbons (Fsp3) is 0.368. The second-order valence-corrected chi connectivity index (χ2v) is 7.29. The van der Waals surface area contributed by atoms with Crippen LogP contribution in [0.3, 0.4) is 0 Å². The maximum absolute atomic E-state index is 12.3. The van der Waals surface area contributed by atoms with Gasteiger partial charge in [0.05, 0.1) is 24.3 Å². The summed E-state index contributed by atoms with van der Waals surface area (Å²) in [6.45, 7) is 3.90. The molecule has 0 spiro atoms. The molecule has 132 valence electrons. The number of benzene rings is 1. The van der Waals surface area contributed by atoms with Crippen molar-refractivity contribution in [2.24, 2.45) is 5.10 Å². The van der Waals surface area contributed by atoms with Gasteiger partial charge >= 0.3 is 0 Å². The highest BCUT2D eigenvalue weighted by molar-refractivity contribution is 7.14. The molecule has 25 heavy (non-hydrogen) atoms. The minimum absolute atomic E-state index is 0.00606. The van der Waals surface area contributed by atoms with Gasteiger partial charge in [-0.2, -0.15) is 5.10 Å². The molecule has 2 aromatic rings. The Morgan fingerprint density at radius 1 is 1.36 bits per heavy atom. The lowest BCUT2D eigenvalue weighted by molar-refractivity contribution is 0.0959. The number of carbonyl (C=O) groups is 1. The summed E-state index contributed by atoms with van der Waals surface area (Å²) in [6, 6.07) is 7.55. The Labute approximate surface area is 151 Å². The highest BCUT2D eigenvalue weighted by atomic mass is 32.1. The van der Waals surface area contributed by atoms with Gasteiger partial charge in [-0.25, -0.2) is 5.43 Å². The van der Waals surface area contributed by atoms with Crippen LogP contribution in [0.5, 0.6) is 11.5 Å². The van der Waals surface area contributed by atoms with Gasteiger partial charge in [0.2, 0.25) is 0 Å². The molecule has 0 atom stereocenters. The molecule has 0 bridgehead atoms. The zero-order valence-corrected chi connectivity index (χ0v) is 15.5. The molecule has 3 rings (SSSR count). The third-order valence-electron chi connectivity index (χ3n) is 3.92. The maximum atomic E-state index is 12.3. The third-order valence-corrected chi connectivity index (χ3v) is 5.16. The van der Waals surface area contributed by atoms with Crippen LogP contribution >= 0.6 is 11.3 Å². The molecule has 0 saturated heterocycles. The Kier molecular flexibility index (Phi) is 5.38. The van der Waals surface area contributed by atoms with Crippen molar-refractivity contribution in [2.75, 3.05) is 7.11 Å². The smallest absolute Gasteiger partial charge is 0.281 e. The molecule has 0 saturated carbocycles. The van der Waals surface area contributed by atoms with Gasteiger partial charge in [0.15, 0.2) is 11.5 Å². The monoisotopic (exact) mass is 358 g/mol. The predicted octanol–water partition coefficient (Wildman–Crippen LogP) is 3.80. The number of hydrogen-bond donors (Lipinski definition) is 1. The number of nitrogens with one attached hydrogen (secondary N) is 1. The van der Waals surface area contributed by atoms with E-state index in [1.165, 1.54) is 16.9 Å². The number of hydrazone groups is 1. The topological polar surface area (TPSA) is 59.9 Å². The summed E-state index contributed by atoms with van der Waals surface area (Å²) in [5, 5.41) is 4.09.